The number of likely N-dealkylation sites (tertiary alicyclic amines) is 1. The van der Waals surface area contributed by atoms with E-state index in [1.165, 1.54) is 16.8 Å². The number of rotatable bonds is 2. The summed E-state index contributed by atoms with van der Waals surface area (Å²) in [4.78, 5) is 28.2. The Hall–Kier alpha value is -2.85. The predicted molar refractivity (Wildman–Crippen MR) is 79.0 cm³/mol. The van der Waals surface area contributed by atoms with E-state index in [4.69, 9.17) is 5.11 Å². The van der Waals surface area contributed by atoms with Gasteiger partial charge in [0.1, 0.15) is 5.82 Å². The minimum atomic E-state index is -4.69. The van der Waals surface area contributed by atoms with Crippen molar-refractivity contribution in [3.8, 4) is 0 Å². The molecule has 0 aromatic carbocycles. The van der Waals surface area contributed by atoms with Gasteiger partial charge in [-0.3, -0.25) is 4.79 Å². The van der Waals surface area contributed by atoms with Crippen molar-refractivity contribution in [3.05, 3.63) is 24.2 Å². The van der Waals surface area contributed by atoms with Crippen LogP contribution in [-0.4, -0.2) is 55.9 Å². The molecule has 1 saturated heterocycles. The maximum Gasteiger partial charge on any atom is 0.394 e. The molecule has 8 nitrogen and oxygen atoms in total. The van der Waals surface area contributed by atoms with Gasteiger partial charge in [-0.15, -0.1) is 0 Å². The predicted octanol–water partition coefficient (Wildman–Crippen LogP) is 1.76. The highest BCUT2D eigenvalue weighted by atomic mass is 19.4. The lowest BCUT2D eigenvalue weighted by atomic mass is 9.96. The highest BCUT2D eigenvalue weighted by Crippen LogP contribution is 2.37. The van der Waals surface area contributed by atoms with Gasteiger partial charge >= 0.3 is 18.2 Å². The van der Waals surface area contributed by atoms with Crippen LogP contribution in [0.4, 0.5) is 23.7 Å². The first-order valence-electron chi connectivity index (χ1n) is 7.33. The van der Waals surface area contributed by atoms with Crippen LogP contribution in [0.15, 0.2) is 18.3 Å². The van der Waals surface area contributed by atoms with Crippen molar-refractivity contribution < 1.29 is 27.9 Å². The van der Waals surface area contributed by atoms with Crippen molar-refractivity contribution in [2.75, 3.05) is 18.4 Å². The quantitative estimate of drug-likeness (QED) is 0.853. The zero-order chi connectivity index (χ0) is 18.4. The number of carboxylic acid groups (broad SMARTS) is 1. The van der Waals surface area contributed by atoms with Gasteiger partial charge in [-0.25, -0.2) is 14.3 Å². The number of fused-ring (bicyclic) bond motifs is 1. The SMILES string of the molecule is Cc1nc2ccc(NC(=O)N3C[C@@H](C(F)(F)F)[C@H](C(=O)O)C3)cn2n1. The van der Waals surface area contributed by atoms with Gasteiger partial charge < -0.3 is 15.3 Å². The molecule has 3 rings (SSSR count). The first-order chi connectivity index (χ1) is 11.6. The molecule has 0 saturated carbocycles. The van der Waals surface area contributed by atoms with E-state index in [0.717, 1.165) is 4.90 Å². The third-order valence-electron chi connectivity index (χ3n) is 4.03. The van der Waals surface area contributed by atoms with Gasteiger partial charge in [0.2, 0.25) is 0 Å². The van der Waals surface area contributed by atoms with Crippen molar-refractivity contribution in [3.63, 3.8) is 0 Å². The molecule has 2 amide bonds. The third kappa shape index (κ3) is 3.35. The summed E-state index contributed by atoms with van der Waals surface area (Å²) < 4.78 is 40.3. The standard InChI is InChI=1S/C14H14F3N5O3/c1-7-18-11-3-2-8(4-22(11)20-7)19-13(25)21-5-9(12(23)24)10(6-21)14(15,16)17/h2-4,9-10H,5-6H2,1H3,(H,19,25)(H,23,24)/t9-,10-/m1/s1. The molecule has 0 spiro atoms. The molecule has 2 aromatic rings. The fraction of sp³-hybridized carbons (Fsp3) is 0.429. The second-order valence-corrected chi connectivity index (χ2v) is 5.81. The fourth-order valence-corrected chi connectivity index (χ4v) is 2.82. The normalized spacial score (nSPS) is 20.9. The smallest absolute Gasteiger partial charge is 0.394 e. The number of alkyl halides is 3. The molecular formula is C14H14F3N5O3. The Balaban J connectivity index is 1.75. The molecule has 1 aliphatic heterocycles. The Morgan fingerprint density at radius 2 is 2.04 bits per heavy atom. The molecule has 11 heteroatoms. The second-order valence-electron chi connectivity index (χ2n) is 5.81. The lowest BCUT2D eigenvalue weighted by molar-refractivity contribution is -0.187. The van der Waals surface area contributed by atoms with E-state index >= 15 is 0 Å². The molecule has 25 heavy (non-hydrogen) atoms. The van der Waals surface area contributed by atoms with Gasteiger partial charge in [0.25, 0.3) is 0 Å². The Morgan fingerprint density at radius 3 is 2.64 bits per heavy atom. The summed E-state index contributed by atoms with van der Waals surface area (Å²) in [6.45, 7) is 0.492. The summed E-state index contributed by atoms with van der Waals surface area (Å²) in [5.41, 5.74) is 0.865. The van der Waals surface area contributed by atoms with E-state index < -0.39 is 43.1 Å². The number of nitrogens with zero attached hydrogens (tertiary/aromatic N) is 4. The van der Waals surface area contributed by atoms with Crippen molar-refractivity contribution in [2.45, 2.75) is 13.1 Å². The van der Waals surface area contributed by atoms with E-state index in [1.54, 1.807) is 13.0 Å². The van der Waals surface area contributed by atoms with E-state index in [-0.39, 0.29) is 0 Å². The van der Waals surface area contributed by atoms with Gasteiger partial charge in [0, 0.05) is 13.1 Å². The fourth-order valence-electron chi connectivity index (χ4n) is 2.82. The number of nitrogens with one attached hydrogen (secondary N) is 1. The first-order valence-corrected chi connectivity index (χ1v) is 7.33. The second kappa shape index (κ2) is 5.90. The molecule has 2 aromatic heterocycles. The molecule has 0 bridgehead atoms. The average Bonchev–Trinajstić information content (AvgIpc) is 3.09. The van der Waals surface area contributed by atoms with Crippen LogP contribution in [0.25, 0.3) is 5.65 Å². The van der Waals surface area contributed by atoms with E-state index in [0.29, 0.717) is 17.2 Å². The number of aliphatic carboxylic acids is 1. The minimum absolute atomic E-state index is 0.310. The molecule has 134 valence electrons. The van der Waals surface area contributed by atoms with Crippen LogP contribution in [0.2, 0.25) is 0 Å². The number of hydrogen-bond acceptors (Lipinski definition) is 4. The van der Waals surface area contributed by atoms with Crippen LogP contribution in [-0.2, 0) is 4.79 Å². The van der Waals surface area contributed by atoms with Crippen LogP contribution in [0.1, 0.15) is 5.82 Å². The van der Waals surface area contributed by atoms with Crippen molar-refractivity contribution in [2.24, 2.45) is 11.8 Å². The van der Waals surface area contributed by atoms with Crippen LogP contribution in [0.5, 0.6) is 0 Å². The van der Waals surface area contributed by atoms with Crippen LogP contribution in [0.3, 0.4) is 0 Å². The summed E-state index contributed by atoms with van der Waals surface area (Å²) in [7, 11) is 0. The van der Waals surface area contributed by atoms with Gasteiger partial charge in [-0.1, -0.05) is 0 Å². The van der Waals surface area contributed by atoms with Gasteiger partial charge in [-0.05, 0) is 19.1 Å². The van der Waals surface area contributed by atoms with E-state index in [9.17, 15) is 22.8 Å². The maximum absolute atomic E-state index is 13.0. The van der Waals surface area contributed by atoms with Gasteiger partial charge in [0.15, 0.2) is 5.65 Å². The molecule has 0 radical (unpaired) electrons. The Kier molecular flexibility index (Phi) is 4.01. The molecule has 3 heterocycles. The largest absolute Gasteiger partial charge is 0.481 e. The molecule has 1 aliphatic rings. The third-order valence-corrected chi connectivity index (χ3v) is 4.03. The number of hydrogen-bond donors (Lipinski definition) is 2. The first kappa shape index (κ1) is 17.0. The lowest BCUT2D eigenvalue weighted by Crippen LogP contribution is -2.35. The van der Waals surface area contributed by atoms with Crippen molar-refractivity contribution >= 4 is 23.3 Å². The van der Waals surface area contributed by atoms with Gasteiger partial charge in [0.05, 0.1) is 23.7 Å². The lowest BCUT2D eigenvalue weighted by Gasteiger charge is -2.18. The molecule has 1 fully saturated rings. The number of carboxylic acids is 1. The molecular weight excluding hydrogens is 343 g/mol. The molecule has 2 N–H and O–H groups in total. The number of anilines is 1. The highest BCUT2D eigenvalue weighted by Gasteiger charge is 2.53. The zero-order valence-corrected chi connectivity index (χ0v) is 13.0. The van der Waals surface area contributed by atoms with Crippen molar-refractivity contribution in [1.29, 1.82) is 0 Å². The Bertz CT molecular complexity index is 835. The summed E-state index contributed by atoms with van der Waals surface area (Å²) in [6, 6.07) is 2.33. The van der Waals surface area contributed by atoms with Gasteiger partial charge in [-0.2, -0.15) is 18.3 Å². The average molecular weight is 357 g/mol. The van der Waals surface area contributed by atoms with E-state index in [2.05, 4.69) is 15.4 Å². The minimum Gasteiger partial charge on any atom is -0.481 e. The maximum atomic E-state index is 13.0. The molecule has 0 aliphatic carbocycles. The Morgan fingerprint density at radius 1 is 1.32 bits per heavy atom. The van der Waals surface area contributed by atoms with Crippen LogP contribution >= 0.6 is 0 Å². The number of amides is 2. The number of carbonyl (C=O) groups is 2. The molecule has 2 atom stereocenters. The topological polar surface area (TPSA) is 99.8 Å². The summed E-state index contributed by atoms with van der Waals surface area (Å²) in [5.74, 6) is -4.81. The number of halogens is 3. The number of aryl methyl sites for hydroxylation is 1. The summed E-state index contributed by atoms with van der Waals surface area (Å²) in [5, 5.41) is 15.5. The van der Waals surface area contributed by atoms with Crippen LogP contribution < -0.4 is 5.32 Å². The number of urea groups is 1. The van der Waals surface area contributed by atoms with Crippen LogP contribution in [0, 0.1) is 18.8 Å². The van der Waals surface area contributed by atoms with E-state index in [1.807, 2.05) is 0 Å². The van der Waals surface area contributed by atoms with Crippen molar-refractivity contribution in [1.82, 2.24) is 19.5 Å². The summed E-state index contributed by atoms with van der Waals surface area (Å²) in [6.07, 6.45) is -3.21. The number of aromatic nitrogens is 3. The number of pyridine rings is 1. The number of carbonyl (C=O) groups excluding carboxylic acids is 1. The molecule has 0 unspecified atom stereocenters. The highest BCUT2D eigenvalue weighted by molar-refractivity contribution is 5.90. The summed E-state index contributed by atoms with van der Waals surface area (Å²) >= 11 is 0. The Labute approximate surface area is 139 Å². The monoisotopic (exact) mass is 357 g/mol. The zero-order valence-electron chi connectivity index (χ0n) is 13.0.